The van der Waals surface area contributed by atoms with E-state index in [1.165, 1.54) is 5.56 Å². The Labute approximate surface area is 157 Å². The van der Waals surface area contributed by atoms with Gasteiger partial charge >= 0.3 is 0 Å². The van der Waals surface area contributed by atoms with Gasteiger partial charge in [0.05, 0.1) is 6.61 Å². The molecule has 1 aromatic carbocycles. The lowest BCUT2D eigenvalue weighted by Gasteiger charge is -2.34. The molecule has 0 radical (unpaired) electrons. The summed E-state index contributed by atoms with van der Waals surface area (Å²) in [4.78, 5) is 27.6. The van der Waals surface area contributed by atoms with Crippen molar-refractivity contribution in [3.8, 4) is 5.75 Å². The van der Waals surface area contributed by atoms with Gasteiger partial charge in [0.1, 0.15) is 5.75 Å². The van der Waals surface area contributed by atoms with Gasteiger partial charge in [0.15, 0.2) is 0 Å². The molecule has 0 aromatic heterocycles. The van der Waals surface area contributed by atoms with Crippen LogP contribution in [0.4, 0.5) is 0 Å². The number of benzene rings is 1. The summed E-state index contributed by atoms with van der Waals surface area (Å²) in [6.07, 6.45) is 1.72. The molecule has 5 nitrogen and oxygen atoms in total. The Kier molecular flexibility index (Phi) is 7.06. The van der Waals surface area contributed by atoms with Crippen molar-refractivity contribution in [3.63, 3.8) is 0 Å². The maximum Gasteiger partial charge on any atom is 0.222 e. The topological polar surface area (TPSA) is 49.9 Å². The maximum absolute atomic E-state index is 12.3. The van der Waals surface area contributed by atoms with E-state index in [-0.39, 0.29) is 17.2 Å². The first-order chi connectivity index (χ1) is 12.3. The number of nitrogens with zero attached hydrogens (tertiary/aromatic N) is 2. The molecule has 0 N–H and O–H groups in total. The smallest absolute Gasteiger partial charge is 0.222 e. The van der Waals surface area contributed by atoms with Crippen LogP contribution in [-0.2, 0) is 15.0 Å². The summed E-state index contributed by atoms with van der Waals surface area (Å²) in [5.74, 6) is 1.17. The summed E-state index contributed by atoms with van der Waals surface area (Å²) in [6.45, 7) is 11.5. The molecule has 1 saturated heterocycles. The molecule has 144 valence electrons. The van der Waals surface area contributed by atoms with Crippen molar-refractivity contribution in [1.82, 2.24) is 9.80 Å². The Morgan fingerprint density at radius 2 is 1.50 bits per heavy atom. The van der Waals surface area contributed by atoms with Crippen molar-refractivity contribution >= 4 is 11.8 Å². The lowest BCUT2D eigenvalue weighted by atomic mass is 9.87. The molecule has 1 aliphatic rings. The first kappa shape index (κ1) is 20.3. The van der Waals surface area contributed by atoms with Crippen LogP contribution in [0.1, 0.15) is 52.5 Å². The fraction of sp³-hybridized carbons (Fsp3) is 0.619. The Morgan fingerprint density at radius 1 is 0.962 bits per heavy atom. The van der Waals surface area contributed by atoms with Gasteiger partial charge in [-0.3, -0.25) is 9.59 Å². The molecule has 0 saturated carbocycles. The first-order valence-corrected chi connectivity index (χ1v) is 9.60. The van der Waals surface area contributed by atoms with Crippen LogP contribution in [0.15, 0.2) is 24.3 Å². The summed E-state index contributed by atoms with van der Waals surface area (Å²) in [6, 6.07) is 8.17. The number of hydrogen-bond donors (Lipinski definition) is 0. The molecule has 26 heavy (non-hydrogen) atoms. The Hall–Kier alpha value is -2.04. The third-order valence-corrected chi connectivity index (χ3v) is 4.81. The van der Waals surface area contributed by atoms with E-state index < -0.39 is 0 Å². The lowest BCUT2D eigenvalue weighted by molar-refractivity contribution is -0.139. The van der Waals surface area contributed by atoms with E-state index >= 15 is 0 Å². The molecule has 1 heterocycles. The van der Waals surface area contributed by atoms with Gasteiger partial charge in [-0.1, -0.05) is 39.8 Å². The largest absolute Gasteiger partial charge is 0.494 e. The molecule has 0 unspecified atom stereocenters. The predicted molar refractivity (Wildman–Crippen MR) is 103 cm³/mol. The molecule has 5 heteroatoms. The highest BCUT2D eigenvalue weighted by molar-refractivity contribution is 5.78. The van der Waals surface area contributed by atoms with Gasteiger partial charge in [-0.2, -0.15) is 0 Å². The lowest BCUT2D eigenvalue weighted by Crippen LogP contribution is -2.50. The van der Waals surface area contributed by atoms with Crippen LogP contribution in [0.2, 0.25) is 0 Å². The summed E-state index contributed by atoms with van der Waals surface area (Å²) in [5.41, 5.74) is 1.41. The number of rotatable bonds is 6. The van der Waals surface area contributed by atoms with Gasteiger partial charge in [-0.25, -0.2) is 0 Å². The van der Waals surface area contributed by atoms with E-state index in [1.54, 1.807) is 0 Å². The van der Waals surface area contributed by atoms with Crippen LogP contribution in [-0.4, -0.2) is 54.4 Å². The van der Waals surface area contributed by atoms with Crippen LogP contribution in [0.25, 0.3) is 0 Å². The zero-order valence-electron chi connectivity index (χ0n) is 16.6. The minimum absolute atomic E-state index is 0.136. The van der Waals surface area contributed by atoms with E-state index in [2.05, 4.69) is 32.9 Å². The Bertz CT molecular complexity index is 597. The van der Waals surface area contributed by atoms with Gasteiger partial charge in [-0.15, -0.1) is 0 Å². The summed E-state index contributed by atoms with van der Waals surface area (Å²) < 4.78 is 5.75. The SMILES string of the molecule is CCC(=O)N1CCN(C(=O)CCCOc2ccc(C(C)(C)C)cc2)CC1. The van der Waals surface area contributed by atoms with E-state index in [9.17, 15) is 9.59 Å². The van der Waals surface area contributed by atoms with E-state index in [0.29, 0.717) is 52.0 Å². The molecule has 0 bridgehead atoms. The standard InChI is InChI=1S/C21H32N2O3/c1-5-19(24)22-12-14-23(15-13-22)20(25)7-6-16-26-18-10-8-17(9-11-18)21(2,3)4/h8-11H,5-7,12-16H2,1-4H3. The monoisotopic (exact) mass is 360 g/mol. The van der Waals surface area contributed by atoms with Gasteiger partial charge < -0.3 is 14.5 Å². The average molecular weight is 360 g/mol. The quantitative estimate of drug-likeness (QED) is 0.732. The number of piperazine rings is 1. The van der Waals surface area contributed by atoms with Gasteiger partial charge in [0, 0.05) is 39.0 Å². The number of carbonyl (C=O) groups excluding carboxylic acids is 2. The fourth-order valence-electron chi connectivity index (χ4n) is 3.05. The zero-order valence-corrected chi connectivity index (χ0v) is 16.6. The number of carbonyl (C=O) groups is 2. The van der Waals surface area contributed by atoms with Crippen molar-refractivity contribution in [2.45, 2.75) is 52.4 Å². The highest BCUT2D eigenvalue weighted by Gasteiger charge is 2.22. The minimum Gasteiger partial charge on any atom is -0.494 e. The average Bonchev–Trinajstić information content (AvgIpc) is 2.64. The van der Waals surface area contributed by atoms with Crippen molar-refractivity contribution in [1.29, 1.82) is 0 Å². The highest BCUT2D eigenvalue weighted by atomic mass is 16.5. The Morgan fingerprint density at radius 3 is 2.00 bits per heavy atom. The van der Waals surface area contributed by atoms with Gasteiger partial charge in [-0.05, 0) is 29.5 Å². The first-order valence-electron chi connectivity index (χ1n) is 9.60. The molecule has 1 aliphatic heterocycles. The van der Waals surface area contributed by atoms with Crippen LogP contribution in [0.5, 0.6) is 5.75 Å². The van der Waals surface area contributed by atoms with E-state index in [4.69, 9.17) is 4.74 Å². The second-order valence-electron chi connectivity index (χ2n) is 7.84. The second kappa shape index (κ2) is 9.06. The molecule has 0 aliphatic carbocycles. The summed E-state index contributed by atoms with van der Waals surface area (Å²) in [5, 5.41) is 0. The molecule has 0 atom stereocenters. The maximum atomic E-state index is 12.3. The van der Waals surface area contributed by atoms with Crippen molar-refractivity contribution in [2.24, 2.45) is 0 Å². The molecule has 1 aromatic rings. The normalized spacial score (nSPS) is 15.1. The fourth-order valence-corrected chi connectivity index (χ4v) is 3.05. The zero-order chi connectivity index (χ0) is 19.2. The molecule has 2 amide bonds. The number of ether oxygens (including phenoxy) is 1. The number of amides is 2. The highest BCUT2D eigenvalue weighted by Crippen LogP contribution is 2.24. The van der Waals surface area contributed by atoms with Crippen LogP contribution < -0.4 is 4.74 Å². The van der Waals surface area contributed by atoms with Crippen LogP contribution in [0.3, 0.4) is 0 Å². The number of hydrogen-bond acceptors (Lipinski definition) is 3. The van der Waals surface area contributed by atoms with Crippen molar-refractivity contribution in [3.05, 3.63) is 29.8 Å². The van der Waals surface area contributed by atoms with E-state index in [0.717, 1.165) is 5.75 Å². The van der Waals surface area contributed by atoms with Crippen molar-refractivity contribution in [2.75, 3.05) is 32.8 Å². The molecule has 2 rings (SSSR count). The van der Waals surface area contributed by atoms with Gasteiger partial charge in [0.25, 0.3) is 0 Å². The summed E-state index contributed by atoms with van der Waals surface area (Å²) in [7, 11) is 0. The predicted octanol–water partition coefficient (Wildman–Crippen LogP) is 3.22. The van der Waals surface area contributed by atoms with E-state index in [1.807, 2.05) is 28.9 Å². The van der Waals surface area contributed by atoms with Gasteiger partial charge in [0.2, 0.25) is 11.8 Å². The molecular formula is C21H32N2O3. The molecule has 0 spiro atoms. The minimum atomic E-state index is 0.136. The third kappa shape index (κ3) is 5.75. The van der Waals surface area contributed by atoms with Crippen LogP contribution in [0, 0.1) is 0 Å². The van der Waals surface area contributed by atoms with Crippen LogP contribution >= 0.6 is 0 Å². The second-order valence-corrected chi connectivity index (χ2v) is 7.84. The van der Waals surface area contributed by atoms with Crippen molar-refractivity contribution < 1.29 is 14.3 Å². The Balaban J connectivity index is 1.67. The molecular weight excluding hydrogens is 328 g/mol. The third-order valence-electron chi connectivity index (χ3n) is 4.81. The summed E-state index contributed by atoms with van der Waals surface area (Å²) >= 11 is 0. The molecule has 1 fully saturated rings.